The molecule has 494 valence electrons. The van der Waals surface area contributed by atoms with E-state index in [0.717, 1.165) is 50.5 Å². The molecule has 79 heavy (non-hydrogen) atoms. The van der Waals surface area contributed by atoms with Crippen molar-refractivity contribution in [3.63, 3.8) is 0 Å². The van der Waals surface area contributed by atoms with Crippen LogP contribution in [-0.4, -0.2) is 116 Å². The molecule has 0 bridgehead atoms. The van der Waals surface area contributed by atoms with Crippen LogP contribution in [0.3, 0.4) is 0 Å². The third kappa shape index (κ3) is 203. The Morgan fingerprint density at radius 3 is 0.772 bits per heavy atom. The summed E-state index contributed by atoms with van der Waals surface area (Å²) in [6, 6.07) is 0.888. The maximum atomic E-state index is 3.63. The van der Waals surface area contributed by atoms with E-state index in [1.165, 1.54) is 111 Å². The second-order valence-corrected chi connectivity index (χ2v) is 28.3. The molecular formula is C69H168N8Y2-4. The monoisotopic (exact) mass is 1290 g/mol. The molecule has 6 saturated heterocycles. The van der Waals surface area contributed by atoms with Gasteiger partial charge in [-0.1, -0.05) is 237 Å². The fraction of sp³-hybridized carbons (Fsp3) is 0.942. The predicted molar refractivity (Wildman–Crippen MR) is 373 cm³/mol. The van der Waals surface area contributed by atoms with Crippen LogP contribution in [0.4, 0.5) is 0 Å². The standard InChI is InChI=1S/C7H14N2.C6H12N2.C5H11N.6C5H12.2C4H9N.C3H7N.3C2H6.4CH4.2Y/c1-2-7-6-8-3-5-9(7)4-1;1-5-2-8-4-6(5)3-7-1;1-3-5-6-4-2;6*1-5(2,3)4;1-2-4-5-3-1;1-3-5-4-2;1-2-4-3-1;3*1-2;;;;;;/h7-8H,1-6H2;5-8H,1-4H2;6H,1-5H2;6*1-4H3;2*5H,1-4H2;4H,1-3H2;3*1-2H3;4*1H4;;/q;;-2;;;;;;;;-2;;;;;;;;;;. The summed E-state index contributed by atoms with van der Waals surface area (Å²) >= 11 is 0. The topological polar surface area (TPSA) is 87.5 Å². The van der Waals surface area contributed by atoms with Crippen LogP contribution >= 0.6 is 0 Å². The normalized spacial score (nSPS) is 17.5. The van der Waals surface area contributed by atoms with Gasteiger partial charge in [0.1, 0.15) is 0 Å². The fourth-order valence-electron chi connectivity index (χ4n) is 4.81. The van der Waals surface area contributed by atoms with E-state index in [2.05, 4.69) is 236 Å². The van der Waals surface area contributed by atoms with Crippen molar-refractivity contribution >= 4 is 0 Å². The molecule has 0 aromatic rings. The molecule has 8 nitrogen and oxygen atoms in total. The summed E-state index contributed by atoms with van der Waals surface area (Å²) in [4.78, 5) is 2.61. The minimum Gasteiger partial charge on any atom is -0.376 e. The van der Waals surface area contributed by atoms with Crippen LogP contribution in [-0.2, 0) is 65.4 Å². The first-order valence-corrected chi connectivity index (χ1v) is 30.1. The van der Waals surface area contributed by atoms with Crippen molar-refractivity contribution in [2.45, 2.75) is 282 Å². The smallest absolute Gasteiger partial charge is 0.0221 e. The van der Waals surface area contributed by atoms with Crippen molar-refractivity contribution in [3.05, 3.63) is 27.7 Å². The molecule has 6 heterocycles. The summed E-state index contributed by atoms with van der Waals surface area (Å²) in [6.45, 7) is 97.2. The summed E-state index contributed by atoms with van der Waals surface area (Å²) in [5, 5.41) is 22.4. The van der Waals surface area contributed by atoms with Crippen molar-refractivity contribution < 1.29 is 65.4 Å². The molecule has 0 aliphatic carbocycles. The van der Waals surface area contributed by atoms with Gasteiger partial charge >= 0.3 is 0 Å². The summed E-state index contributed by atoms with van der Waals surface area (Å²) < 4.78 is 0. The zero-order chi connectivity index (χ0) is 59.8. The van der Waals surface area contributed by atoms with E-state index in [1.54, 1.807) is 0 Å². The minimum absolute atomic E-state index is 0. The van der Waals surface area contributed by atoms with E-state index in [4.69, 9.17) is 0 Å². The zero-order valence-corrected chi connectivity index (χ0v) is 63.9. The minimum atomic E-state index is 0. The molecule has 0 aromatic heterocycles. The summed E-state index contributed by atoms with van der Waals surface area (Å²) in [7, 11) is 0. The van der Waals surface area contributed by atoms with Gasteiger partial charge in [0, 0.05) is 91.1 Å². The van der Waals surface area contributed by atoms with E-state index in [9.17, 15) is 0 Å². The van der Waals surface area contributed by atoms with Crippen LogP contribution in [0.2, 0.25) is 0 Å². The van der Waals surface area contributed by atoms with E-state index < -0.39 is 0 Å². The van der Waals surface area contributed by atoms with E-state index in [1.807, 2.05) is 41.5 Å². The Labute approximate surface area is 561 Å². The largest absolute Gasteiger partial charge is 0.376 e. The van der Waals surface area contributed by atoms with Gasteiger partial charge in [-0.05, 0) is 142 Å². The Balaban J connectivity index is -0.0000000431. The molecule has 10 heteroatoms. The van der Waals surface area contributed by atoms with Gasteiger partial charge in [-0.3, -0.25) is 4.90 Å². The fourth-order valence-corrected chi connectivity index (χ4v) is 4.81. The van der Waals surface area contributed by atoms with Gasteiger partial charge in [-0.15, -0.1) is 19.6 Å². The van der Waals surface area contributed by atoms with E-state index in [-0.39, 0.29) is 95.1 Å². The molecule has 6 fully saturated rings. The van der Waals surface area contributed by atoms with Gasteiger partial charge in [0.2, 0.25) is 0 Å². The third-order valence-corrected chi connectivity index (χ3v) is 7.30. The molecule has 6 aliphatic heterocycles. The van der Waals surface area contributed by atoms with Gasteiger partial charge in [-0.2, -0.15) is 6.42 Å². The van der Waals surface area contributed by atoms with Crippen LogP contribution < -0.4 is 37.2 Å². The summed E-state index contributed by atoms with van der Waals surface area (Å²) in [5.74, 6) is 1.91. The first-order chi connectivity index (χ1) is 33.3. The van der Waals surface area contributed by atoms with Crippen molar-refractivity contribution in [1.29, 1.82) is 0 Å². The average Bonchev–Trinajstić information content (AvgIpc) is 4.04. The number of nitrogens with one attached hydrogen (secondary N) is 7. The second kappa shape index (κ2) is 79.9. The molecule has 0 amide bonds. The van der Waals surface area contributed by atoms with Crippen LogP contribution in [0.25, 0.3) is 0 Å². The van der Waals surface area contributed by atoms with Gasteiger partial charge in [0.25, 0.3) is 0 Å². The van der Waals surface area contributed by atoms with Crippen molar-refractivity contribution in [1.82, 2.24) is 42.1 Å². The van der Waals surface area contributed by atoms with Gasteiger partial charge in [-0.25, -0.2) is 0 Å². The van der Waals surface area contributed by atoms with E-state index in [0.29, 0.717) is 32.5 Å². The van der Waals surface area contributed by atoms with Gasteiger partial charge in [0.15, 0.2) is 0 Å². The Hall–Kier alpha value is 1.89. The molecule has 0 aromatic carbocycles. The van der Waals surface area contributed by atoms with Crippen LogP contribution in [0, 0.1) is 72.0 Å². The molecular weight excluding hydrogens is 1120 g/mol. The third-order valence-electron chi connectivity index (χ3n) is 7.30. The maximum Gasteiger partial charge on any atom is 0.0221 e. The Bertz CT molecular complexity index is 772. The molecule has 6 aliphatic rings. The van der Waals surface area contributed by atoms with Crippen molar-refractivity contribution in [2.24, 2.45) is 44.3 Å². The SMILES string of the molecule is C.C.C.C.C1CC2CNCCN2C1.C1CCNC1.C1CNC1.C1NCC2CNCC12.CC.CC.CC.CC(C)(C)C.CC(C)(C)C.CC(C)(C)C.CC(C)(C)C.CC(C)(C)C.CC(C)(C)C.[CH2-]CCNC[CH2-].[CH2-]CNC[CH2-].[Y].[Y]. The maximum absolute atomic E-state index is 3.63. The van der Waals surface area contributed by atoms with Crippen LogP contribution in [0.5, 0.6) is 0 Å². The number of hydrogen-bond donors (Lipinski definition) is 7. The van der Waals surface area contributed by atoms with Crippen LogP contribution in [0.1, 0.15) is 276 Å². The zero-order valence-electron chi connectivity index (χ0n) is 58.2. The summed E-state index contributed by atoms with van der Waals surface area (Å²) in [6.07, 6.45) is 7.97. The Morgan fingerprint density at radius 2 is 0.608 bits per heavy atom. The quantitative estimate of drug-likeness (QED) is 0.108. The van der Waals surface area contributed by atoms with Crippen molar-refractivity contribution in [3.8, 4) is 0 Å². The number of piperazine rings is 1. The Kier molecular flexibility index (Phi) is 120. The summed E-state index contributed by atoms with van der Waals surface area (Å²) in [5.41, 5.74) is 3.00. The van der Waals surface area contributed by atoms with Gasteiger partial charge in [0.05, 0.1) is 0 Å². The number of fused-ring (bicyclic) bond motifs is 2. The molecule has 0 spiro atoms. The number of nitrogens with zero attached hydrogens (tertiary/aromatic N) is 1. The molecule has 7 N–H and O–H groups in total. The first-order valence-electron chi connectivity index (χ1n) is 30.1. The first kappa shape index (κ1) is 119. The predicted octanol–water partition coefficient (Wildman–Crippen LogP) is 18.6. The van der Waals surface area contributed by atoms with Gasteiger partial charge < -0.3 is 64.9 Å². The Morgan fingerprint density at radius 1 is 0.354 bits per heavy atom. The molecule has 0 saturated carbocycles. The second-order valence-electron chi connectivity index (χ2n) is 28.3. The number of hydrogen-bond acceptors (Lipinski definition) is 8. The molecule has 6 rings (SSSR count). The average molecular weight is 1290 g/mol. The van der Waals surface area contributed by atoms with Crippen LogP contribution in [0.15, 0.2) is 0 Å². The molecule has 1 unspecified atom stereocenters. The molecule has 1 atom stereocenters. The molecule has 2 radical (unpaired) electrons. The number of rotatable bonds is 5. The van der Waals surface area contributed by atoms with Crippen molar-refractivity contribution in [2.75, 3.05) is 105 Å². The van der Waals surface area contributed by atoms with E-state index >= 15 is 0 Å².